The first kappa shape index (κ1) is 12.0. The Kier molecular flexibility index (Phi) is 2.91. The van der Waals surface area contributed by atoms with Gasteiger partial charge in [0.05, 0.1) is 4.92 Å². The zero-order valence-corrected chi connectivity index (χ0v) is 10.00. The molecule has 0 radical (unpaired) electrons. The number of nitro groups is 1. The van der Waals surface area contributed by atoms with E-state index >= 15 is 0 Å². The van der Waals surface area contributed by atoms with Crippen LogP contribution in [0, 0.1) is 10.1 Å². The smallest absolute Gasteiger partial charge is 0.258 e. The second kappa shape index (κ2) is 4.11. The lowest BCUT2D eigenvalue weighted by Gasteiger charge is -2.11. The highest BCUT2D eigenvalue weighted by Gasteiger charge is 2.47. The standard InChI is InChI=1S/C12H11ClFNO2/c1-2-9(12(14)5-6-12)8-3-4-10(13)11(7-8)15(16)17/h2-4,7H,5-6H2,1H3/b9-2-. The average Bonchev–Trinajstić information content (AvgIpc) is 3.00. The van der Waals surface area contributed by atoms with Crippen LogP contribution < -0.4 is 0 Å². The van der Waals surface area contributed by atoms with Crippen molar-refractivity contribution in [1.29, 1.82) is 0 Å². The molecule has 0 amide bonds. The maximum atomic E-state index is 14.0. The van der Waals surface area contributed by atoms with E-state index < -0.39 is 10.6 Å². The van der Waals surface area contributed by atoms with Gasteiger partial charge in [0.25, 0.3) is 5.69 Å². The van der Waals surface area contributed by atoms with Gasteiger partial charge >= 0.3 is 0 Å². The normalized spacial score (nSPS) is 17.9. The first-order valence-electron chi connectivity index (χ1n) is 5.28. The summed E-state index contributed by atoms with van der Waals surface area (Å²) in [4.78, 5) is 10.2. The molecule has 0 atom stereocenters. The van der Waals surface area contributed by atoms with Gasteiger partial charge in [-0.3, -0.25) is 10.1 Å². The van der Waals surface area contributed by atoms with Gasteiger partial charge in [-0.15, -0.1) is 0 Å². The molecule has 0 N–H and O–H groups in total. The summed E-state index contributed by atoms with van der Waals surface area (Å²) < 4.78 is 14.0. The van der Waals surface area contributed by atoms with Crippen LogP contribution >= 0.6 is 11.6 Å². The van der Waals surface area contributed by atoms with Crippen LogP contribution in [0.4, 0.5) is 10.1 Å². The number of nitro benzene ring substituents is 1. The third-order valence-corrected chi connectivity index (χ3v) is 3.23. The molecule has 1 fully saturated rings. The van der Waals surface area contributed by atoms with Crippen molar-refractivity contribution in [3.05, 3.63) is 45.0 Å². The van der Waals surface area contributed by atoms with Crippen LogP contribution in [0.1, 0.15) is 25.3 Å². The molecule has 0 heterocycles. The van der Waals surface area contributed by atoms with Crippen molar-refractivity contribution in [2.45, 2.75) is 25.4 Å². The van der Waals surface area contributed by atoms with Crippen LogP contribution in [0.2, 0.25) is 5.02 Å². The topological polar surface area (TPSA) is 43.1 Å². The molecule has 0 aliphatic heterocycles. The zero-order chi connectivity index (χ0) is 12.6. The lowest BCUT2D eigenvalue weighted by atomic mass is 9.99. The number of nitrogens with zero attached hydrogens (tertiary/aromatic N) is 1. The second-order valence-corrected chi connectivity index (χ2v) is 4.50. The number of hydrogen-bond acceptors (Lipinski definition) is 2. The molecule has 1 aromatic rings. The summed E-state index contributed by atoms with van der Waals surface area (Å²) in [5.74, 6) is 0. The Morgan fingerprint density at radius 1 is 1.59 bits per heavy atom. The number of alkyl halides is 1. The van der Waals surface area contributed by atoms with Crippen molar-refractivity contribution in [2.24, 2.45) is 0 Å². The Morgan fingerprint density at radius 3 is 2.71 bits per heavy atom. The minimum absolute atomic E-state index is 0.0675. The predicted molar refractivity (Wildman–Crippen MR) is 64.8 cm³/mol. The fourth-order valence-electron chi connectivity index (χ4n) is 1.88. The maximum absolute atomic E-state index is 14.0. The van der Waals surface area contributed by atoms with Crippen LogP contribution in [0.5, 0.6) is 0 Å². The van der Waals surface area contributed by atoms with Crippen LogP contribution in [-0.2, 0) is 0 Å². The molecular formula is C12H11ClFNO2. The number of benzene rings is 1. The number of allylic oxidation sites excluding steroid dienone is 2. The highest BCUT2D eigenvalue weighted by Crippen LogP contribution is 2.50. The van der Waals surface area contributed by atoms with Gasteiger partial charge < -0.3 is 0 Å². The van der Waals surface area contributed by atoms with Crippen molar-refractivity contribution in [3.8, 4) is 0 Å². The number of hydrogen-bond donors (Lipinski definition) is 0. The maximum Gasteiger partial charge on any atom is 0.288 e. The summed E-state index contributed by atoms with van der Waals surface area (Å²) in [6.07, 6.45) is 2.62. The van der Waals surface area contributed by atoms with E-state index in [2.05, 4.69) is 0 Å². The van der Waals surface area contributed by atoms with E-state index in [1.165, 1.54) is 12.1 Å². The van der Waals surface area contributed by atoms with Gasteiger partial charge in [-0.1, -0.05) is 23.7 Å². The molecule has 2 rings (SSSR count). The van der Waals surface area contributed by atoms with Gasteiger partial charge in [0.15, 0.2) is 0 Å². The molecule has 17 heavy (non-hydrogen) atoms. The molecule has 1 aliphatic rings. The highest BCUT2D eigenvalue weighted by atomic mass is 35.5. The van der Waals surface area contributed by atoms with Crippen molar-refractivity contribution in [1.82, 2.24) is 0 Å². The molecule has 1 saturated carbocycles. The fourth-order valence-corrected chi connectivity index (χ4v) is 2.07. The van der Waals surface area contributed by atoms with Crippen molar-refractivity contribution in [2.75, 3.05) is 0 Å². The molecule has 0 saturated heterocycles. The third kappa shape index (κ3) is 2.17. The van der Waals surface area contributed by atoms with Gasteiger partial charge in [0.2, 0.25) is 0 Å². The molecule has 90 valence electrons. The van der Waals surface area contributed by atoms with E-state index in [9.17, 15) is 14.5 Å². The Labute approximate surface area is 103 Å². The van der Waals surface area contributed by atoms with E-state index in [0.29, 0.717) is 24.0 Å². The molecule has 1 aromatic carbocycles. The summed E-state index contributed by atoms with van der Waals surface area (Å²) in [7, 11) is 0. The Balaban J connectivity index is 2.46. The summed E-state index contributed by atoms with van der Waals surface area (Å²) in [5, 5.41) is 10.8. The van der Waals surface area contributed by atoms with Gasteiger partial charge in [-0.25, -0.2) is 4.39 Å². The van der Waals surface area contributed by atoms with Gasteiger partial charge in [-0.05, 0) is 37.0 Å². The minimum Gasteiger partial charge on any atom is -0.258 e. The molecule has 0 bridgehead atoms. The Hall–Kier alpha value is -1.42. The summed E-state index contributed by atoms with van der Waals surface area (Å²) >= 11 is 5.71. The summed E-state index contributed by atoms with van der Waals surface area (Å²) in [5.41, 5.74) is -0.454. The van der Waals surface area contributed by atoms with E-state index in [-0.39, 0.29) is 10.7 Å². The summed E-state index contributed by atoms with van der Waals surface area (Å²) in [6.45, 7) is 1.73. The van der Waals surface area contributed by atoms with Crippen molar-refractivity contribution < 1.29 is 9.31 Å². The largest absolute Gasteiger partial charge is 0.288 e. The zero-order valence-electron chi connectivity index (χ0n) is 9.24. The monoisotopic (exact) mass is 255 g/mol. The average molecular weight is 256 g/mol. The highest BCUT2D eigenvalue weighted by molar-refractivity contribution is 6.32. The lowest BCUT2D eigenvalue weighted by Crippen LogP contribution is -2.04. The SMILES string of the molecule is C/C=C(/c1ccc(Cl)c([N+](=O)[O-])c1)C1(F)CC1. The molecule has 0 unspecified atom stereocenters. The molecule has 0 spiro atoms. The molecule has 0 aromatic heterocycles. The Morgan fingerprint density at radius 2 is 2.24 bits per heavy atom. The van der Waals surface area contributed by atoms with E-state index in [0.717, 1.165) is 0 Å². The second-order valence-electron chi connectivity index (χ2n) is 4.09. The number of halogens is 2. The van der Waals surface area contributed by atoms with Gasteiger partial charge in [0.1, 0.15) is 10.7 Å². The lowest BCUT2D eigenvalue weighted by molar-refractivity contribution is -0.384. The first-order chi connectivity index (χ1) is 7.98. The van der Waals surface area contributed by atoms with Crippen LogP contribution in [-0.4, -0.2) is 10.6 Å². The Bertz CT molecular complexity index is 509. The first-order valence-corrected chi connectivity index (χ1v) is 5.66. The predicted octanol–water partition coefficient (Wildman–Crippen LogP) is 4.15. The quantitative estimate of drug-likeness (QED) is 0.601. The van der Waals surface area contributed by atoms with Gasteiger partial charge in [-0.2, -0.15) is 0 Å². The fraction of sp³-hybridized carbons (Fsp3) is 0.333. The van der Waals surface area contributed by atoms with E-state index in [1.807, 2.05) is 0 Å². The molecule has 3 nitrogen and oxygen atoms in total. The van der Waals surface area contributed by atoms with Gasteiger partial charge in [0, 0.05) is 6.07 Å². The molecule has 1 aliphatic carbocycles. The van der Waals surface area contributed by atoms with Crippen LogP contribution in [0.15, 0.2) is 24.3 Å². The summed E-state index contributed by atoms with van der Waals surface area (Å²) in [6, 6.07) is 4.38. The van der Waals surface area contributed by atoms with Crippen molar-refractivity contribution >= 4 is 22.9 Å². The van der Waals surface area contributed by atoms with E-state index in [1.54, 1.807) is 19.1 Å². The minimum atomic E-state index is -1.31. The van der Waals surface area contributed by atoms with Crippen LogP contribution in [0.3, 0.4) is 0 Å². The molecular weight excluding hydrogens is 245 g/mol. The number of rotatable bonds is 3. The molecule has 5 heteroatoms. The van der Waals surface area contributed by atoms with Crippen LogP contribution in [0.25, 0.3) is 5.57 Å². The van der Waals surface area contributed by atoms with E-state index in [4.69, 9.17) is 11.6 Å². The third-order valence-electron chi connectivity index (χ3n) is 2.91. The van der Waals surface area contributed by atoms with Crippen molar-refractivity contribution in [3.63, 3.8) is 0 Å².